The lowest BCUT2D eigenvalue weighted by Gasteiger charge is -2.16. The molecule has 1 atom stereocenters. The smallest absolute Gasteiger partial charge is 0.125 e. The molecular weight excluding hydrogens is 266 g/mol. The highest BCUT2D eigenvalue weighted by Crippen LogP contribution is 2.28. The summed E-state index contributed by atoms with van der Waals surface area (Å²) >= 11 is 0. The molecule has 21 heavy (non-hydrogen) atoms. The predicted octanol–water partition coefficient (Wildman–Crippen LogP) is 2.95. The highest BCUT2D eigenvalue weighted by atomic mass is 16.5. The minimum atomic E-state index is -0.123. The molecule has 0 saturated heterocycles. The first-order chi connectivity index (χ1) is 10.2. The zero-order valence-electron chi connectivity index (χ0n) is 12.6. The second-order valence-electron chi connectivity index (χ2n) is 4.77. The minimum absolute atomic E-state index is 0.123. The number of rotatable bonds is 6. The normalized spacial score (nSPS) is 11.8. The molecule has 0 aromatic heterocycles. The van der Waals surface area contributed by atoms with Crippen LogP contribution in [0.3, 0.4) is 0 Å². The lowest BCUT2D eigenvalue weighted by molar-refractivity contribution is 0.390. The third-order valence-corrected chi connectivity index (χ3v) is 3.46. The molecule has 4 heteroatoms. The van der Waals surface area contributed by atoms with E-state index in [-0.39, 0.29) is 6.04 Å². The third kappa shape index (κ3) is 3.67. The van der Waals surface area contributed by atoms with Crippen molar-refractivity contribution in [1.29, 1.82) is 0 Å². The van der Waals surface area contributed by atoms with Gasteiger partial charge in [-0.05, 0) is 35.7 Å². The van der Waals surface area contributed by atoms with Crippen molar-refractivity contribution >= 4 is 0 Å². The third-order valence-electron chi connectivity index (χ3n) is 3.46. The molecular formula is C17H21NO3. The van der Waals surface area contributed by atoms with Crippen LogP contribution in [0.5, 0.6) is 17.2 Å². The van der Waals surface area contributed by atoms with E-state index in [2.05, 4.69) is 0 Å². The van der Waals surface area contributed by atoms with Crippen LogP contribution in [0, 0.1) is 0 Å². The molecule has 0 radical (unpaired) electrons. The Balaban J connectivity index is 2.20. The van der Waals surface area contributed by atoms with Crippen LogP contribution in [0.4, 0.5) is 0 Å². The number of hydrogen-bond acceptors (Lipinski definition) is 4. The summed E-state index contributed by atoms with van der Waals surface area (Å²) in [6, 6.07) is 13.5. The molecule has 0 saturated carbocycles. The molecule has 0 aliphatic carbocycles. The standard InChI is InChI=1S/C17H21NO3/c1-19-14-6-4-5-12(9-14)16(18)10-13-7-8-15(20-2)11-17(13)21-3/h4-9,11,16H,10,18H2,1-3H3. The van der Waals surface area contributed by atoms with Crippen LogP contribution in [0.2, 0.25) is 0 Å². The molecule has 0 spiro atoms. The molecule has 0 amide bonds. The summed E-state index contributed by atoms with van der Waals surface area (Å²) in [4.78, 5) is 0. The van der Waals surface area contributed by atoms with Crippen LogP contribution in [0.15, 0.2) is 42.5 Å². The average Bonchev–Trinajstić information content (AvgIpc) is 2.55. The summed E-state index contributed by atoms with van der Waals surface area (Å²) in [7, 11) is 4.93. The Morgan fingerprint density at radius 2 is 1.62 bits per heavy atom. The molecule has 2 aromatic rings. The van der Waals surface area contributed by atoms with Crippen molar-refractivity contribution in [3.8, 4) is 17.2 Å². The van der Waals surface area contributed by atoms with Gasteiger partial charge >= 0.3 is 0 Å². The van der Waals surface area contributed by atoms with Crippen molar-refractivity contribution < 1.29 is 14.2 Å². The molecule has 4 nitrogen and oxygen atoms in total. The fraction of sp³-hybridized carbons (Fsp3) is 0.294. The van der Waals surface area contributed by atoms with Gasteiger partial charge in [0, 0.05) is 12.1 Å². The maximum Gasteiger partial charge on any atom is 0.125 e. The van der Waals surface area contributed by atoms with E-state index >= 15 is 0 Å². The lowest BCUT2D eigenvalue weighted by Crippen LogP contribution is -2.14. The molecule has 0 heterocycles. The summed E-state index contributed by atoms with van der Waals surface area (Å²) in [5, 5.41) is 0. The van der Waals surface area contributed by atoms with Gasteiger partial charge in [-0.1, -0.05) is 18.2 Å². The Bertz CT molecular complexity index is 598. The van der Waals surface area contributed by atoms with E-state index in [1.807, 2.05) is 42.5 Å². The summed E-state index contributed by atoms with van der Waals surface area (Å²) < 4.78 is 15.8. The number of hydrogen-bond donors (Lipinski definition) is 1. The van der Waals surface area contributed by atoms with E-state index in [0.717, 1.165) is 28.4 Å². The number of methoxy groups -OCH3 is 3. The second kappa shape index (κ2) is 6.99. The van der Waals surface area contributed by atoms with Gasteiger partial charge in [-0.15, -0.1) is 0 Å². The Morgan fingerprint density at radius 1 is 0.905 bits per heavy atom. The summed E-state index contributed by atoms with van der Waals surface area (Å²) in [5.74, 6) is 2.36. The fourth-order valence-electron chi connectivity index (χ4n) is 2.25. The number of benzene rings is 2. The van der Waals surface area contributed by atoms with Gasteiger partial charge in [0.05, 0.1) is 21.3 Å². The highest BCUT2D eigenvalue weighted by molar-refractivity contribution is 5.42. The first-order valence-corrected chi connectivity index (χ1v) is 6.78. The van der Waals surface area contributed by atoms with Crippen LogP contribution in [0.1, 0.15) is 17.2 Å². The maximum absolute atomic E-state index is 6.30. The molecule has 0 fully saturated rings. The number of ether oxygens (including phenoxy) is 3. The van der Waals surface area contributed by atoms with E-state index in [1.165, 1.54) is 0 Å². The van der Waals surface area contributed by atoms with E-state index in [1.54, 1.807) is 21.3 Å². The van der Waals surface area contributed by atoms with Crippen LogP contribution in [-0.2, 0) is 6.42 Å². The highest BCUT2D eigenvalue weighted by Gasteiger charge is 2.12. The van der Waals surface area contributed by atoms with Gasteiger partial charge in [0.15, 0.2) is 0 Å². The SMILES string of the molecule is COc1cccc(C(N)Cc2ccc(OC)cc2OC)c1. The van der Waals surface area contributed by atoms with Crippen molar-refractivity contribution in [1.82, 2.24) is 0 Å². The molecule has 112 valence electrons. The van der Waals surface area contributed by atoms with Gasteiger partial charge in [-0.25, -0.2) is 0 Å². The Labute approximate surface area is 125 Å². The maximum atomic E-state index is 6.30. The van der Waals surface area contributed by atoms with Crippen molar-refractivity contribution in [2.45, 2.75) is 12.5 Å². The van der Waals surface area contributed by atoms with Crippen LogP contribution in [-0.4, -0.2) is 21.3 Å². The minimum Gasteiger partial charge on any atom is -0.497 e. The van der Waals surface area contributed by atoms with E-state index in [0.29, 0.717) is 6.42 Å². The Morgan fingerprint density at radius 3 is 2.29 bits per heavy atom. The Kier molecular flexibility index (Phi) is 5.06. The van der Waals surface area contributed by atoms with Gasteiger partial charge in [0.1, 0.15) is 17.2 Å². The molecule has 2 rings (SSSR count). The fourth-order valence-corrected chi connectivity index (χ4v) is 2.25. The van der Waals surface area contributed by atoms with Gasteiger partial charge in [0.25, 0.3) is 0 Å². The summed E-state index contributed by atoms with van der Waals surface area (Å²) in [6.07, 6.45) is 0.681. The zero-order valence-corrected chi connectivity index (χ0v) is 12.6. The molecule has 0 aliphatic heterocycles. The van der Waals surface area contributed by atoms with Crippen molar-refractivity contribution in [2.24, 2.45) is 5.73 Å². The van der Waals surface area contributed by atoms with E-state index in [9.17, 15) is 0 Å². The molecule has 2 N–H and O–H groups in total. The first kappa shape index (κ1) is 15.2. The summed E-state index contributed by atoms with van der Waals surface area (Å²) in [6.45, 7) is 0. The van der Waals surface area contributed by atoms with E-state index < -0.39 is 0 Å². The molecule has 2 aromatic carbocycles. The van der Waals surface area contributed by atoms with Crippen LogP contribution in [0.25, 0.3) is 0 Å². The van der Waals surface area contributed by atoms with Gasteiger partial charge in [0.2, 0.25) is 0 Å². The second-order valence-corrected chi connectivity index (χ2v) is 4.77. The van der Waals surface area contributed by atoms with Gasteiger partial charge in [-0.3, -0.25) is 0 Å². The monoisotopic (exact) mass is 287 g/mol. The summed E-state index contributed by atoms with van der Waals surface area (Å²) in [5.41, 5.74) is 8.39. The van der Waals surface area contributed by atoms with Crippen molar-refractivity contribution in [3.05, 3.63) is 53.6 Å². The average molecular weight is 287 g/mol. The molecule has 0 bridgehead atoms. The Hall–Kier alpha value is -2.20. The topological polar surface area (TPSA) is 53.7 Å². The molecule has 0 aliphatic rings. The predicted molar refractivity (Wildman–Crippen MR) is 83.2 cm³/mol. The van der Waals surface area contributed by atoms with Crippen LogP contribution < -0.4 is 19.9 Å². The van der Waals surface area contributed by atoms with Crippen molar-refractivity contribution in [2.75, 3.05) is 21.3 Å². The largest absolute Gasteiger partial charge is 0.497 e. The van der Waals surface area contributed by atoms with Crippen LogP contribution >= 0.6 is 0 Å². The van der Waals surface area contributed by atoms with Gasteiger partial charge < -0.3 is 19.9 Å². The first-order valence-electron chi connectivity index (χ1n) is 6.78. The lowest BCUT2D eigenvalue weighted by atomic mass is 9.99. The molecule has 1 unspecified atom stereocenters. The zero-order chi connectivity index (χ0) is 15.2. The van der Waals surface area contributed by atoms with E-state index in [4.69, 9.17) is 19.9 Å². The van der Waals surface area contributed by atoms with Gasteiger partial charge in [-0.2, -0.15) is 0 Å². The number of nitrogens with two attached hydrogens (primary N) is 1. The van der Waals surface area contributed by atoms with Crippen molar-refractivity contribution in [3.63, 3.8) is 0 Å². The quantitative estimate of drug-likeness (QED) is 0.887.